The van der Waals surface area contributed by atoms with Gasteiger partial charge in [0.1, 0.15) is 0 Å². The summed E-state index contributed by atoms with van der Waals surface area (Å²) in [7, 11) is 2.21. The maximum atomic E-state index is 6.07. The highest BCUT2D eigenvalue weighted by Crippen LogP contribution is 2.27. The van der Waals surface area contributed by atoms with Crippen molar-refractivity contribution >= 4 is 17.3 Å². The summed E-state index contributed by atoms with van der Waals surface area (Å²) in [5, 5.41) is 4.48. The lowest BCUT2D eigenvalue weighted by Gasteiger charge is -2.40. The van der Waals surface area contributed by atoms with Crippen molar-refractivity contribution in [2.45, 2.75) is 39.3 Å². The number of hydrogen-bond donors (Lipinski definition) is 1. The molecule has 18 heavy (non-hydrogen) atoms. The minimum Gasteiger partial charge on any atom is -0.382 e. The van der Waals surface area contributed by atoms with Crippen molar-refractivity contribution in [2.24, 2.45) is 5.92 Å². The Balaban J connectivity index is 2.11. The summed E-state index contributed by atoms with van der Waals surface area (Å²) in [4.78, 5) is 2.44. The van der Waals surface area contributed by atoms with E-state index in [2.05, 4.69) is 44.1 Å². The summed E-state index contributed by atoms with van der Waals surface area (Å²) in [5.74, 6) is 0.657. The molecule has 0 radical (unpaired) electrons. The number of nitrogens with one attached hydrogen (secondary N) is 1. The highest BCUT2D eigenvalue weighted by Gasteiger charge is 2.28. The van der Waals surface area contributed by atoms with Crippen LogP contribution < -0.4 is 5.32 Å². The van der Waals surface area contributed by atoms with Crippen LogP contribution in [0.25, 0.3) is 0 Å². The first-order valence-electron chi connectivity index (χ1n) is 6.70. The molecule has 1 aliphatic rings. The zero-order chi connectivity index (χ0) is 13.3. The van der Waals surface area contributed by atoms with Gasteiger partial charge in [0.2, 0.25) is 0 Å². The van der Waals surface area contributed by atoms with Gasteiger partial charge < -0.3 is 10.2 Å². The second kappa shape index (κ2) is 5.50. The highest BCUT2D eigenvalue weighted by atomic mass is 35.5. The second-order valence-corrected chi connectivity index (χ2v) is 6.15. The standard InChI is InChI=1S/C15H23ClN2/c1-10-5-6-13(16)8-15(10)17-14-7-12(3)18(4)9-11(14)2/h5-6,8,11-12,14,17H,7,9H2,1-4H3. The Bertz CT molecular complexity index is 419. The summed E-state index contributed by atoms with van der Waals surface area (Å²) in [5.41, 5.74) is 2.44. The molecule has 0 amide bonds. The minimum atomic E-state index is 0.536. The van der Waals surface area contributed by atoms with Crippen molar-refractivity contribution in [1.29, 1.82) is 0 Å². The Morgan fingerprint density at radius 3 is 2.78 bits per heavy atom. The van der Waals surface area contributed by atoms with Crippen molar-refractivity contribution < 1.29 is 0 Å². The van der Waals surface area contributed by atoms with Gasteiger partial charge in [-0.2, -0.15) is 0 Å². The molecule has 3 unspecified atom stereocenters. The molecule has 1 fully saturated rings. The van der Waals surface area contributed by atoms with Gasteiger partial charge in [0.15, 0.2) is 0 Å². The number of piperidine rings is 1. The Kier molecular flexibility index (Phi) is 4.18. The van der Waals surface area contributed by atoms with Crippen LogP contribution in [0.3, 0.4) is 0 Å². The molecule has 0 spiro atoms. The van der Waals surface area contributed by atoms with Crippen molar-refractivity contribution in [3.05, 3.63) is 28.8 Å². The SMILES string of the molecule is Cc1ccc(Cl)cc1NC1CC(C)N(C)CC1C. The van der Waals surface area contributed by atoms with Crippen molar-refractivity contribution in [3.63, 3.8) is 0 Å². The molecule has 1 aromatic carbocycles. The maximum absolute atomic E-state index is 6.07. The molecular weight excluding hydrogens is 244 g/mol. The summed E-state index contributed by atoms with van der Waals surface area (Å²) >= 11 is 6.07. The normalized spacial score (nSPS) is 29.3. The smallest absolute Gasteiger partial charge is 0.0426 e. The largest absolute Gasteiger partial charge is 0.382 e. The van der Waals surface area contributed by atoms with Crippen LogP contribution in [0.1, 0.15) is 25.8 Å². The van der Waals surface area contributed by atoms with Crippen LogP contribution in [0.2, 0.25) is 5.02 Å². The summed E-state index contributed by atoms with van der Waals surface area (Å²) in [6.45, 7) is 7.89. The Hall–Kier alpha value is -0.730. The molecule has 2 nitrogen and oxygen atoms in total. The predicted octanol–water partition coefficient (Wildman–Crippen LogP) is 3.79. The Labute approximate surface area is 115 Å². The molecule has 0 aromatic heterocycles. The number of benzene rings is 1. The van der Waals surface area contributed by atoms with Crippen LogP contribution in [0.4, 0.5) is 5.69 Å². The van der Waals surface area contributed by atoms with E-state index in [1.54, 1.807) is 0 Å². The van der Waals surface area contributed by atoms with Crippen LogP contribution in [-0.4, -0.2) is 30.6 Å². The van der Waals surface area contributed by atoms with E-state index >= 15 is 0 Å². The van der Waals surface area contributed by atoms with E-state index in [0.717, 1.165) is 11.6 Å². The Morgan fingerprint density at radius 1 is 1.33 bits per heavy atom. The van der Waals surface area contributed by atoms with Gasteiger partial charge in [-0.15, -0.1) is 0 Å². The quantitative estimate of drug-likeness (QED) is 0.876. The van der Waals surface area contributed by atoms with Crippen LogP contribution in [0.5, 0.6) is 0 Å². The molecule has 1 saturated heterocycles. The zero-order valence-corrected chi connectivity index (χ0v) is 12.5. The fraction of sp³-hybridized carbons (Fsp3) is 0.600. The summed E-state index contributed by atoms with van der Waals surface area (Å²) < 4.78 is 0. The van der Waals surface area contributed by atoms with Gasteiger partial charge in [0.25, 0.3) is 0 Å². The lowest BCUT2D eigenvalue weighted by molar-refractivity contribution is 0.145. The molecule has 100 valence electrons. The van der Waals surface area contributed by atoms with Gasteiger partial charge in [-0.3, -0.25) is 0 Å². The van der Waals surface area contributed by atoms with Gasteiger partial charge in [-0.1, -0.05) is 24.6 Å². The van der Waals surface area contributed by atoms with E-state index in [1.165, 1.54) is 17.7 Å². The molecule has 1 aliphatic heterocycles. The van der Waals surface area contributed by atoms with Gasteiger partial charge in [-0.25, -0.2) is 0 Å². The molecule has 0 aliphatic carbocycles. The second-order valence-electron chi connectivity index (χ2n) is 5.71. The summed E-state index contributed by atoms with van der Waals surface area (Å²) in [6, 6.07) is 7.23. The molecule has 0 saturated carbocycles. The minimum absolute atomic E-state index is 0.536. The van der Waals surface area contributed by atoms with E-state index in [0.29, 0.717) is 18.0 Å². The average Bonchev–Trinajstić information content (AvgIpc) is 2.30. The van der Waals surface area contributed by atoms with E-state index in [1.807, 2.05) is 12.1 Å². The lowest BCUT2D eigenvalue weighted by Crippen LogP contribution is -2.48. The first-order chi connectivity index (χ1) is 8.47. The van der Waals surface area contributed by atoms with Crippen LogP contribution in [0, 0.1) is 12.8 Å². The van der Waals surface area contributed by atoms with Gasteiger partial charge in [-0.05, 0) is 50.9 Å². The molecule has 3 heteroatoms. The molecule has 0 bridgehead atoms. The first-order valence-corrected chi connectivity index (χ1v) is 7.08. The third-order valence-corrected chi connectivity index (χ3v) is 4.39. The predicted molar refractivity (Wildman–Crippen MR) is 79.5 cm³/mol. The van der Waals surface area contributed by atoms with Crippen molar-refractivity contribution in [1.82, 2.24) is 4.90 Å². The molecule has 1 aromatic rings. The number of likely N-dealkylation sites (tertiary alicyclic amines) is 1. The highest BCUT2D eigenvalue weighted by molar-refractivity contribution is 6.30. The molecule has 3 atom stereocenters. The monoisotopic (exact) mass is 266 g/mol. The fourth-order valence-corrected chi connectivity index (χ4v) is 2.86. The van der Waals surface area contributed by atoms with E-state index < -0.39 is 0 Å². The lowest BCUT2D eigenvalue weighted by atomic mass is 9.89. The van der Waals surface area contributed by atoms with E-state index in [4.69, 9.17) is 11.6 Å². The molecular formula is C15H23ClN2. The third kappa shape index (κ3) is 2.99. The molecule has 1 N–H and O–H groups in total. The van der Waals surface area contributed by atoms with Gasteiger partial charge in [0.05, 0.1) is 0 Å². The number of anilines is 1. The molecule has 2 rings (SSSR count). The summed E-state index contributed by atoms with van der Waals surface area (Å²) in [6.07, 6.45) is 1.18. The van der Waals surface area contributed by atoms with Gasteiger partial charge in [0, 0.05) is 29.3 Å². The first kappa shape index (κ1) is 13.7. The average molecular weight is 267 g/mol. The number of halogens is 1. The van der Waals surface area contributed by atoms with Crippen LogP contribution in [0.15, 0.2) is 18.2 Å². The van der Waals surface area contributed by atoms with Crippen molar-refractivity contribution in [2.75, 3.05) is 18.9 Å². The van der Waals surface area contributed by atoms with Crippen LogP contribution >= 0.6 is 11.6 Å². The number of rotatable bonds is 2. The van der Waals surface area contributed by atoms with Gasteiger partial charge >= 0.3 is 0 Å². The zero-order valence-electron chi connectivity index (χ0n) is 11.7. The topological polar surface area (TPSA) is 15.3 Å². The number of hydrogen-bond acceptors (Lipinski definition) is 2. The maximum Gasteiger partial charge on any atom is 0.0426 e. The Morgan fingerprint density at radius 2 is 2.06 bits per heavy atom. The fourth-order valence-electron chi connectivity index (χ4n) is 2.69. The van der Waals surface area contributed by atoms with Crippen molar-refractivity contribution in [3.8, 4) is 0 Å². The molecule has 1 heterocycles. The number of nitrogens with zero attached hydrogens (tertiary/aromatic N) is 1. The van der Waals surface area contributed by atoms with Crippen LogP contribution in [-0.2, 0) is 0 Å². The number of aryl methyl sites for hydroxylation is 1. The van der Waals surface area contributed by atoms with E-state index in [-0.39, 0.29) is 0 Å². The van der Waals surface area contributed by atoms with E-state index in [9.17, 15) is 0 Å². The third-order valence-electron chi connectivity index (χ3n) is 4.15.